The van der Waals surface area contributed by atoms with Gasteiger partial charge in [0.25, 0.3) is 0 Å². The van der Waals surface area contributed by atoms with E-state index in [1.165, 1.54) is 0 Å². The van der Waals surface area contributed by atoms with Gasteiger partial charge in [-0.15, -0.1) is 0 Å². The number of hydrogen-bond acceptors (Lipinski definition) is 3. The Kier molecular flexibility index (Phi) is 6.18. The highest BCUT2D eigenvalue weighted by atomic mass is 16.5. The van der Waals surface area contributed by atoms with Gasteiger partial charge < -0.3 is 20.7 Å². The van der Waals surface area contributed by atoms with Gasteiger partial charge in [-0.3, -0.25) is 0 Å². The number of nitrogens with one attached hydrogen (secondary N) is 3. The molecule has 1 atom stereocenters. The quantitative estimate of drug-likeness (QED) is 0.675. The Labute approximate surface area is 108 Å². The third kappa shape index (κ3) is 4.73. The molecule has 0 bridgehead atoms. The number of anilines is 1. The number of hydrogen-bond donors (Lipinski definition) is 3. The Morgan fingerprint density at radius 1 is 1.44 bits per heavy atom. The van der Waals surface area contributed by atoms with Crippen molar-refractivity contribution in [3.05, 3.63) is 29.8 Å². The largest absolute Gasteiger partial charge is 0.383 e. The topological polar surface area (TPSA) is 62.4 Å². The van der Waals surface area contributed by atoms with Gasteiger partial charge in [-0.2, -0.15) is 0 Å². The van der Waals surface area contributed by atoms with Crippen molar-refractivity contribution >= 4 is 11.7 Å². The minimum absolute atomic E-state index is 0.221. The second-order valence-electron chi connectivity index (χ2n) is 4.01. The van der Waals surface area contributed by atoms with Crippen molar-refractivity contribution < 1.29 is 9.53 Å². The SMILES string of the molecule is CNC(C)c1cccc(NC(=O)NCCOC)c1. The molecule has 0 saturated carbocycles. The van der Waals surface area contributed by atoms with E-state index in [2.05, 4.69) is 22.9 Å². The molecule has 5 heteroatoms. The summed E-state index contributed by atoms with van der Waals surface area (Å²) in [6, 6.07) is 7.80. The number of urea groups is 1. The molecule has 1 rings (SSSR count). The second kappa shape index (κ2) is 7.68. The molecule has 0 heterocycles. The van der Waals surface area contributed by atoms with Gasteiger partial charge in [0.1, 0.15) is 0 Å². The van der Waals surface area contributed by atoms with Crippen molar-refractivity contribution in [2.75, 3.05) is 32.6 Å². The number of carbonyl (C=O) groups is 1. The summed E-state index contributed by atoms with van der Waals surface area (Å²) in [5.74, 6) is 0. The standard InChI is InChI=1S/C13H21N3O2/c1-10(14-2)11-5-4-6-12(9-11)16-13(17)15-7-8-18-3/h4-6,9-10,14H,7-8H2,1-3H3,(H2,15,16,17). The van der Waals surface area contributed by atoms with E-state index in [0.29, 0.717) is 13.2 Å². The third-order valence-electron chi connectivity index (χ3n) is 2.67. The summed E-state index contributed by atoms with van der Waals surface area (Å²) in [7, 11) is 3.50. The predicted molar refractivity (Wildman–Crippen MR) is 72.8 cm³/mol. The molecule has 5 nitrogen and oxygen atoms in total. The number of ether oxygens (including phenoxy) is 1. The highest BCUT2D eigenvalue weighted by Gasteiger charge is 2.05. The van der Waals surface area contributed by atoms with E-state index in [0.717, 1.165) is 11.3 Å². The first-order chi connectivity index (χ1) is 8.67. The van der Waals surface area contributed by atoms with Crippen LogP contribution in [0.25, 0.3) is 0 Å². The van der Waals surface area contributed by atoms with Gasteiger partial charge >= 0.3 is 6.03 Å². The molecule has 0 radical (unpaired) electrons. The van der Waals surface area contributed by atoms with E-state index in [9.17, 15) is 4.79 Å². The summed E-state index contributed by atoms with van der Waals surface area (Å²) < 4.78 is 4.86. The maximum atomic E-state index is 11.5. The van der Waals surface area contributed by atoms with E-state index in [1.54, 1.807) is 7.11 Å². The van der Waals surface area contributed by atoms with E-state index in [-0.39, 0.29) is 12.1 Å². The monoisotopic (exact) mass is 251 g/mol. The van der Waals surface area contributed by atoms with Gasteiger partial charge in [-0.25, -0.2) is 4.79 Å². The number of benzene rings is 1. The Balaban J connectivity index is 2.53. The summed E-state index contributed by atoms with van der Waals surface area (Å²) >= 11 is 0. The van der Waals surface area contributed by atoms with Gasteiger partial charge in [0.05, 0.1) is 6.61 Å². The highest BCUT2D eigenvalue weighted by Crippen LogP contribution is 2.16. The molecule has 0 fully saturated rings. The van der Waals surface area contributed by atoms with Gasteiger partial charge in [-0.05, 0) is 31.7 Å². The molecule has 0 aliphatic rings. The fraction of sp³-hybridized carbons (Fsp3) is 0.462. The van der Waals surface area contributed by atoms with E-state index >= 15 is 0 Å². The number of amides is 2. The molecule has 0 spiro atoms. The predicted octanol–water partition coefficient (Wildman–Crippen LogP) is 1.73. The summed E-state index contributed by atoms with van der Waals surface area (Å²) in [5.41, 5.74) is 1.91. The van der Waals surface area contributed by atoms with Gasteiger partial charge in [-0.1, -0.05) is 12.1 Å². The lowest BCUT2D eigenvalue weighted by molar-refractivity contribution is 0.198. The first-order valence-electron chi connectivity index (χ1n) is 5.98. The zero-order chi connectivity index (χ0) is 13.4. The summed E-state index contributed by atoms with van der Waals surface area (Å²) in [6.45, 7) is 3.07. The van der Waals surface area contributed by atoms with E-state index in [4.69, 9.17) is 4.74 Å². The van der Waals surface area contributed by atoms with Crippen molar-refractivity contribution in [1.29, 1.82) is 0 Å². The maximum absolute atomic E-state index is 11.5. The summed E-state index contributed by atoms with van der Waals surface area (Å²) in [5, 5.41) is 8.65. The molecular weight excluding hydrogens is 230 g/mol. The molecule has 100 valence electrons. The van der Waals surface area contributed by atoms with Crippen LogP contribution in [0.3, 0.4) is 0 Å². The molecule has 1 unspecified atom stereocenters. The van der Waals surface area contributed by atoms with Crippen LogP contribution in [0.2, 0.25) is 0 Å². The van der Waals surface area contributed by atoms with E-state index < -0.39 is 0 Å². The molecule has 1 aromatic rings. The average Bonchev–Trinajstić information content (AvgIpc) is 2.38. The lowest BCUT2D eigenvalue weighted by atomic mass is 10.1. The number of methoxy groups -OCH3 is 1. The van der Waals surface area contributed by atoms with Crippen molar-refractivity contribution in [2.45, 2.75) is 13.0 Å². The first-order valence-corrected chi connectivity index (χ1v) is 5.98. The summed E-state index contributed by atoms with van der Waals surface area (Å²) in [6.07, 6.45) is 0. The Morgan fingerprint density at radius 3 is 2.89 bits per heavy atom. The minimum atomic E-state index is -0.221. The number of rotatable bonds is 6. The third-order valence-corrected chi connectivity index (χ3v) is 2.67. The van der Waals surface area contributed by atoms with Crippen molar-refractivity contribution in [3.8, 4) is 0 Å². The smallest absolute Gasteiger partial charge is 0.319 e. The molecular formula is C13H21N3O2. The Morgan fingerprint density at radius 2 is 2.22 bits per heavy atom. The Bertz CT molecular complexity index is 382. The van der Waals surface area contributed by atoms with Crippen LogP contribution >= 0.6 is 0 Å². The molecule has 18 heavy (non-hydrogen) atoms. The van der Waals surface area contributed by atoms with Crippen LogP contribution in [0.4, 0.5) is 10.5 Å². The molecule has 0 aliphatic heterocycles. The fourth-order valence-electron chi connectivity index (χ4n) is 1.49. The first kappa shape index (κ1) is 14.5. The van der Waals surface area contributed by atoms with Crippen LogP contribution in [0.1, 0.15) is 18.5 Å². The Hall–Kier alpha value is -1.59. The van der Waals surface area contributed by atoms with E-state index in [1.807, 2.05) is 31.3 Å². The maximum Gasteiger partial charge on any atom is 0.319 e. The van der Waals surface area contributed by atoms with Gasteiger partial charge in [0.15, 0.2) is 0 Å². The van der Waals surface area contributed by atoms with Crippen molar-refractivity contribution in [2.24, 2.45) is 0 Å². The lowest BCUT2D eigenvalue weighted by Crippen LogP contribution is -2.31. The van der Waals surface area contributed by atoms with Crippen molar-refractivity contribution in [1.82, 2.24) is 10.6 Å². The van der Waals surface area contributed by atoms with Crippen LogP contribution in [0, 0.1) is 0 Å². The average molecular weight is 251 g/mol. The molecule has 1 aromatic carbocycles. The fourth-order valence-corrected chi connectivity index (χ4v) is 1.49. The van der Waals surface area contributed by atoms with Crippen LogP contribution in [0.5, 0.6) is 0 Å². The lowest BCUT2D eigenvalue weighted by Gasteiger charge is -2.13. The highest BCUT2D eigenvalue weighted by molar-refractivity contribution is 5.89. The molecule has 0 aliphatic carbocycles. The van der Waals surface area contributed by atoms with Crippen LogP contribution in [-0.4, -0.2) is 33.3 Å². The van der Waals surface area contributed by atoms with Crippen LogP contribution in [0.15, 0.2) is 24.3 Å². The minimum Gasteiger partial charge on any atom is -0.383 e. The molecule has 3 N–H and O–H groups in total. The zero-order valence-corrected chi connectivity index (χ0v) is 11.1. The zero-order valence-electron chi connectivity index (χ0n) is 11.1. The summed E-state index contributed by atoms with van der Waals surface area (Å²) in [4.78, 5) is 11.5. The molecule has 0 saturated heterocycles. The second-order valence-corrected chi connectivity index (χ2v) is 4.01. The van der Waals surface area contributed by atoms with Gasteiger partial charge in [0.2, 0.25) is 0 Å². The van der Waals surface area contributed by atoms with Crippen LogP contribution in [-0.2, 0) is 4.74 Å². The molecule has 0 aromatic heterocycles. The number of carbonyl (C=O) groups excluding carboxylic acids is 1. The van der Waals surface area contributed by atoms with Gasteiger partial charge in [0, 0.05) is 25.4 Å². The van der Waals surface area contributed by atoms with Crippen LogP contribution < -0.4 is 16.0 Å². The normalized spacial score (nSPS) is 11.9. The van der Waals surface area contributed by atoms with Crippen molar-refractivity contribution in [3.63, 3.8) is 0 Å². The molecule has 2 amide bonds.